The Labute approximate surface area is 144 Å². The van der Waals surface area contributed by atoms with Crippen LogP contribution in [0.3, 0.4) is 0 Å². The maximum absolute atomic E-state index is 12.4. The SMILES string of the molecule is O=C(CC(Sc1ccccc1)c1ccccc1Cl)c1ccco1. The third-order valence-corrected chi connectivity index (χ3v) is 5.03. The van der Waals surface area contributed by atoms with Crippen LogP contribution in [0.15, 0.2) is 82.3 Å². The molecule has 0 aliphatic heterocycles. The molecule has 4 heteroatoms. The summed E-state index contributed by atoms with van der Waals surface area (Å²) in [7, 11) is 0. The van der Waals surface area contributed by atoms with Crippen LogP contribution in [0.4, 0.5) is 0 Å². The number of carbonyl (C=O) groups excluding carboxylic acids is 1. The number of furan rings is 1. The largest absolute Gasteiger partial charge is 0.461 e. The van der Waals surface area contributed by atoms with E-state index >= 15 is 0 Å². The lowest BCUT2D eigenvalue weighted by molar-refractivity contribution is 0.0955. The van der Waals surface area contributed by atoms with Crippen LogP contribution in [0.1, 0.15) is 27.8 Å². The Bertz CT molecular complexity index is 769. The summed E-state index contributed by atoms with van der Waals surface area (Å²) in [4.78, 5) is 13.5. The molecule has 0 aliphatic carbocycles. The smallest absolute Gasteiger partial charge is 0.199 e. The van der Waals surface area contributed by atoms with E-state index in [0.29, 0.717) is 17.2 Å². The molecule has 0 amide bonds. The van der Waals surface area contributed by atoms with Gasteiger partial charge >= 0.3 is 0 Å². The number of carbonyl (C=O) groups is 1. The number of thioether (sulfide) groups is 1. The molecule has 0 saturated heterocycles. The molecule has 0 saturated carbocycles. The predicted molar refractivity (Wildman–Crippen MR) is 94.1 cm³/mol. The molecule has 23 heavy (non-hydrogen) atoms. The average molecular weight is 343 g/mol. The normalized spacial score (nSPS) is 12.0. The summed E-state index contributed by atoms with van der Waals surface area (Å²) in [5.41, 5.74) is 0.961. The van der Waals surface area contributed by atoms with Gasteiger partial charge in [-0.3, -0.25) is 4.79 Å². The predicted octanol–water partition coefficient (Wildman–Crippen LogP) is 6.04. The van der Waals surface area contributed by atoms with Crippen molar-refractivity contribution in [3.05, 3.63) is 89.3 Å². The molecule has 0 fully saturated rings. The van der Waals surface area contributed by atoms with Crippen LogP contribution in [0, 0.1) is 0 Å². The van der Waals surface area contributed by atoms with Crippen molar-refractivity contribution in [2.75, 3.05) is 0 Å². The van der Waals surface area contributed by atoms with Gasteiger partial charge in [-0.2, -0.15) is 0 Å². The minimum Gasteiger partial charge on any atom is -0.461 e. The van der Waals surface area contributed by atoms with Crippen LogP contribution in [-0.4, -0.2) is 5.78 Å². The second-order valence-corrected chi connectivity index (χ2v) is 6.73. The lowest BCUT2D eigenvalue weighted by Gasteiger charge is -2.17. The highest BCUT2D eigenvalue weighted by Gasteiger charge is 2.21. The topological polar surface area (TPSA) is 30.2 Å². The van der Waals surface area contributed by atoms with Crippen LogP contribution in [-0.2, 0) is 0 Å². The van der Waals surface area contributed by atoms with Crippen molar-refractivity contribution < 1.29 is 9.21 Å². The van der Waals surface area contributed by atoms with Crippen molar-refractivity contribution in [1.29, 1.82) is 0 Å². The molecule has 3 rings (SSSR count). The zero-order chi connectivity index (χ0) is 16.1. The average Bonchev–Trinajstić information content (AvgIpc) is 3.10. The first-order chi connectivity index (χ1) is 11.2. The maximum atomic E-state index is 12.4. The molecule has 1 unspecified atom stereocenters. The van der Waals surface area contributed by atoms with Crippen LogP contribution in [0.2, 0.25) is 5.02 Å². The zero-order valence-corrected chi connectivity index (χ0v) is 13.9. The van der Waals surface area contributed by atoms with E-state index in [-0.39, 0.29) is 11.0 Å². The second kappa shape index (κ2) is 7.53. The highest BCUT2D eigenvalue weighted by atomic mass is 35.5. The van der Waals surface area contributed by atoms with Crippen LogP contribution >= 0.6 is 23.4 Å². The number of Topliss-reactive ketones (excluding diaryl/α,β-unsaturated/α-hetero) is 1. The van der Waals surface area contributed by atoms with E-state index in [1.54, 1.807) is 23.9 Å². The molecule has 1 heterocycles. The van der Waals surface area contributed by atoms with Crippen LogP contribution in [0.25, 0.3) is 0 Å². The van der Waals surface area contributed by atoms with Crippen molar-refractivity contribution >= 4 is 29.1 Å². The van der Waals surface area contributed by atoms with Crippen molar-refractivity contribution in [2.45, 2.75) is 16.6 Å². The Morgan fingerprint density at radius 2 is 1.74 bits per heavy atom. The molecular formula is C19H15ClO2S. The molecule has 0 N–H and O–H groups in total. The Hall–Kier alpha value is -1.97. The minimum atomic E-state index is -0.0660. The lowest BCUT2D eigenvalue weighted by Crippen LogP contribution is -2.05. The summed E-state index contributed by atoms with van der Waals surface area (Å²) in [5.74, 6) is 0.360. The number of hydrogen-bond acceptors (Lipinski definition) is 3. The monoisotopic (exact) mass is 342 g/mol. The zero-order valence-electron chi connectivity index (χ0n) is 12.3. The van der Waals surface area contributed by atoms with Gasteiger partial charge in [0, 0.05) is 21.6 Å². The van der Waals surface area contributed by atoms with E-state index < -0.39 is 0 Å². The van der Waals surface area contributed by atoms with Gasteiger partial charge in [0.25, 0.3) is 0 Å². The molecule has 116 valence electrons. The van der Waals surface area contributed by atoms with Crippen LogP contribution in [0.5, 0.6) is 0 Å². The van der Waals surface area contributed by atoms with Gasteiger partial charge in [-0.05, 0) is 35.9 Å². The van der Waals surface area contributed by atoms with E-state index in [2.05, 4.69) is 0 Å². The van der Waals surface area contributed by atoms with Gasteiger partial charge in [-0.25, -0.2) is 0 Å². The van der Waals surface area contributed by atoms with Gasteiger partial charge in [0.05, 0.1) is 6.26 Å². The van der Waals surface area contributed by atoms with E-state index in [0.717, 1.165) is 10.5 Å². The van der Waals surface area contributed by atoms with Crippen molar-refractivity contribution in [3.63, 3.8) is 0 Å². The fraction of sp³-hybridized carbons (Fsp3) is 0.105. The summed E-state index contributed by atoms with van der Waals surface area (Å²) in [6, 6.07) is 21.1. The molecule has 0 radical (unpaired) electrons. The molecular weight excluding hydrogens is 328 g/mol. The lowest BCUT2D eigenvalue weighted by atomic mass is 10.1. The third kappa shape index (κ3) is 4.06. The molecule has 2 nitrogen and oxygen atoms in total. The van der Waals surface area contributed by atoms with E-state index in [9.17, 15) is 4.79 Å². The summed E-state index contributed by atoms with van der Waals surface area (Å²) in [6.45, 7) is 0. The number of halogens is 1. The summed E-state index contributed by atoms with van der Waals surface area (Å²) in [6.07, 6.45) is 1.85. The van der Waals surface area contributed by atoms with E-state index in [1.807, 2.05) is 54.6 Å². The molecule has 0 spiro atoms. The molecule has 0 bridgehead atoms. The van der Waals surface area contributed by atoms with Crippen molar-refractivity contribution in [1.82, 2.24) is 0 Å². The summed E-state index contributed by atoms with van der Waals surface area (Å²) < 4.78 is 5.22. The minimum absolute atomic E-state index is 0.0247. The number of benzene rings is 2. The Balaban J connectivity index is 1.87. The number of ketones is 1. The fourth-order valence-electron chi connectivity index (χ4n) is 2.32. The highest BCUT2D eigenvalue weighted by Crippen LogP contribution is 2.41. The molecule has 2 aromatic carbocycles. The van der Waals surface area contributed by atoms with Gasteiger partial charge < -0.3 is 4.42 Å². The molecule has 1 aromatic heterocycles. The summed E-state index contributed by atoms with van der Waals surface area (Å²) in [5, 5.41) is 0.608. The molecule has 0 aliphatic rings. The highest BCUT2D eigenvalue weighted by molar-refractivity contribution is 7.99. The first-order valence-electron chi connectivity index (χ1n) is 7.27. The van der Waals surface area contributed by atoms with E-state index in [1.165, 1.54) is 6.26 Å². The fourth-order valence-corrected chi connectivity index (χ4v) is 3.86. The molecule has 1 atom stereocenters. The third-order valence-electron chi connectivity index (χ3n) is 3.44. The van der Waals surface area contributed by atoms with Crippen LogP contribution < -0.4 is 0 Å². The van der Waals surface area contributed by atoms with Gasteiger partial charge in [0.15, 0.2) is 11.5 Å². The maximum Gasteiger partial charge on any atom is 0.199 e. The summed E-state index contributed by atoms with van der Waals surface area (Å²) >= 11 is 7.98. The first-order valence-corrected chi connectivity index (χ1v) is 8.52. The van der Waals surface area contributed by atoms with Gasteiger partial charge in [-0.1, -0.05) is 48.0 Å². The Morgan fingerprint density at radius 3 is 2.43 bits per heavy atom. The molecule has 3 aromatic rings. The van der Waals surface area contributed by atoms with Gasteiger partial charge in [0.2, 0.25) is 0 Å². The van der Waals surface area contributed by atoms with Gasteiger partial charge in [-0.15, -0.1) is 11.8 Å². The van der Waals surface area contributed by atoms with Crippen molar-refractivity contribution in [3.8, 4) is 0 Å². The standard InChI is InChI=1S/C19H15ClO2S/c20-16-10-5-4-9-15(16)19(23-14-7-2-1-3-8-14)13-17(21)18-11-6-12-22-18/h1-12,19H,13H2. The first kappa shape index (κ1) is 15.9. The quantitative estimate of drug-likeness (QED) is 0.404. The Kier molecular flexibility index (Phi) is 5.21. The Morgan fingerprint density at radius 1 is 1.00 bits per heavy atom. The number of rotatable bonds is 6. The van der Waals surface area contributed by atoms with Crippen molar-refractivity contribution in [2.24, 2.45) is 0 Å². The van der Waals surface area contributed by atoms with Gasteiger partial charge in [0.1, 0.15) is 0 Å². The second-order valence-electron chi connectivity index (χ2n) is 5.05. The van der Waals surface area contributed by atoms with E-state index in [4.69, 9.17) is 16.0 Å². The number of hydrogen-bond donors (Lipinski definition) is 0.